The lowest BCUT2D eigenvalue weighted by molar-refractivity contribution is -0.137. The number of halogens is 1. The molecule has 0 unspecified atom stereocenters. The van der Waals surface area contributed by atoms with Crippen LogP contribution in [0.3, 0.4) is 0 Å². The molecule has 31 heavy (non-hydrogen) atoms. The zero-order valence-electron chi connectivity index (χ0n) is 17.7. The highest BCUT2D eigenvalue weighted by atomic mass is 19.1. The fourth-order valence-corrected chi connectivity index (χ4v) is 3.39. The largest absolute Gasteiger partial charge is 0.496 e. The first-order chi connectivity index (χ1) is 14.8. The number of nitrogens with one attached hydrogen (secondary N) is 1. The Morgan fingerprint density at radius 1 is 1.19 bits per heavy atom. The van der Waals surface area contributed by atoms with Crippen molar-refractivity contribution in [2.45, 2.75) is 19.8 Å². The van der Waals surface area contributed by atoms with Crippen molar-refractivity contribution in [1.82, 2.24) is 10.2 Å². The summed E-state index contributed by atoms with van der Waals surface area (Å²) < 4.78 is 19.5. The van der Waals surface area contributed by atoms with Gasteiger partial charge in [-0.3, -0.25) is 9.59 Å². The summed E-state index contributed by atoms with van der Waals surface area (Å²) in [6.07, 6.45) is 5.10. The number of hydrogen-bond donors (Lipinski definition) is 2. The first-order valence-corrected chi connectivity index (χ1v) is 9.92. The van der Waals surface area contributed by atoms with E-state index in [-0.39, 0.29) is 24.2 Å². The molecule has 0 radical (unpaired) electrons. The van der Waals surface area contributed by atoms with Crippen molar-refractivity contribution in [2.75, 3.05) is 20.2 Å². The summed E-state index contributed by atoms with van der Waals surface area (Å²) in [5.41, 5.74) is 3.09. The predicted molar refractivity (Wildman–Crippen MR) is 116 cm³/mol. The van der Waals surface area contributed by atoms with Crippen molar-refractivity contribution < 1.29 is 23.8 Å². The summed E-state index contributed by atoms with van der Waals surface area (Å²) >= 11 is 0. The molecule has 0 bridgehead atoms. The average molecular weight is 424 g/mol. The van der Waals surface area contributed by atoms with Crippen LogP contribution in [0.15, 0.2) is 60.4 Å². The molecule has 2 N–H and O–H groups in total. The maximum Gasteiger partial charge on any atom is 0.323 e. The molecule has 1 aliphatic rings. The van der Waals surface area contributed by atoms with Crippen molar-refractivity contribution >= 4 is 11.9 Å². The molecule has 2 aromatic carbocycles. The molecular formula is C24H25FN2O4. The number of rotatable bonds is 7. The number of carboxylic acid groups (broad SMARTS) is 1. The lowest BCUT2D eigenvalue weighted by Gasteiger charge is -2.21. The molecule has 1 heterocycles. The van der Waals surface area contributed by atoms with Gasteiger partial charge in [0, 0.05) is 12.7 Å². The van der Waals surface area contributed by atoms with Crippen LogP contribution in [0, 0.1) is 5.82 Å². The van der Waals surface area contributed by atoms with Crippen molar-refractivity contribution in [2.24, 2.45) is 0 Å². The van der Waals surface area contributed by atoms with Crippen LogP contribution < -0.4 is 10.1 Å². The number of hydrogen-bond acceptors (Lipinski definition) is 4. The van der Waals surface area contributed by atoms with Gasteiger partial charge in [0.05, 0.1) is 18.4 Å². The summed E-state index contributed by atoms with van der Waals surface area (Å²) in [5.74, 6) is -1.14. The Labute approximate surface area is 180 Å². The van der Waals surface area contributed by atoms with Crippen LogP contribution >= 0.6 is 0 Å². The van der Waals surface area contributed by atoms with Gasteiger partial charge in [0.25, 0.3) is 5.91 Å². The monoisotopic (exact) mass is 424 g/mol. The summed E-state index contributed by atoms with van der Waals surface area (Å²) in [7, 11) is 1.48. The van der Waals surface area contributed by atoms with E-state index in [0.717, 1.165) is 11.1 Å². The number of ether oxygens (including phenoxy) is 1. The van der Waals surface area contributed by atoms with Crippen LogP contribution in [0.25, 0.3) is 11.1 Å². The predicted octanol–water partition coefficient (Wildman–Crippen LogP) is 4.15. The first kappa shape index (κ1) is 22.1. The second kappa shape index (κ2) is 9.47. The number of carbonyl (C=O) groups is 2. The van der Waals surface area contributed by atoms with Crippen LogP contribution in [0.2, 0.25) is 0 Å². The molecule has 7 heteroatoms. The SMILES string of the molecule is COc1cc(-c2ccc(F)c(C(C)C)c2)ccc1C(=O)NC1=CN(CC(=O)O)CC=C1. The Balaban J connectivity index is 1.84. The highest BCUT2D eigenvalue weighted by molar-refractivity contribution is 5.98. The van der Waals surface area contributed by atoms with Gasteiger partial charge in [-0.15, -0.1) is 0 Å². The van der Waals surface area contributed by atoms with Gasteiger partial charge in [0.1, 0.15) is 18.1 Å². The molecule has 162 valence electrons. The Morgan fingerprint density at radius 3 is 2.58 bits per heavy atom. The summed E-state index contributed by atoms with van der Waals surface area (Å²) in [6, 6.07) is 10.1. The van der Waals surface area contributed by atoms with Crippen LogP contribution in [-0.2, 0) is 4.79 Å². The van der Waals surface area contributed by atoms with E-state index in [4.69, 9.17) is 9.84 Å². The molecule has 1 aliphatic heterocycles. The van der Waals surface area contributed by atoms with Gasteiger partial charge in [-0.1, -0.05) is 32.1 Å². The third-order valence-electron chi connectivity index (χ3n) is 4.95. The Hall–Kier alpha value is -3.61. The molecule has 0 aromatic heterocycles. The standard InChI is InChI=1S/C24H25FN2O4/c1-15(2)20-11-16(7-9-21(20)25)17-6-8-19(22(12-17)31-3)24(30)26-18-5-4-10-27(13-18)14-23(28)29/h4-9,11-13,15H,10,14H2,1-3H3,(H,26,30)(H,28,29). The number of nitrogens with zero attached hydrogens (tertiary/aromatic N) is 1. The second-order valence-corrected chi connectivity index (χ2v) is 7.57. The molecule has 0 aliphatic carbocycles. The fourth-order valence-electron chi connectivity index (χ4n) is 3.39. The van der Waals surface area contributed by atoms with E-state index in [2.05, 4.69) is 5.32 Å². The summed E-state index contributed by atoms with van der Waals surface area (Å²) in [4.78, 5) is 25.3. The van der Waals surface area contributed by atoms with Crippen LogP contribution in [0.1, 0.15) is 35.7 Å². The topological polar surface area (TPSA) is 78.9 Å². The van der Waals surface area contributed by atoms with E-state index in [9.17, 15) is 14.0 Å². The van der Waals surface area contributed by atoms with Gasteiger partial charge >= 0.3 is 5.97 Å². The second-order valence-electron chi connectivity index (χ2n) is 7.57. The van der Waals surface area contributed by atoms with Gasteiger partial charge < -0.3 is 20.1 Å². The van der Waals surface area contributed by atoms with Gasteiger partial charge in [-0.05, 0) is 52.9 Å². The number of allylic oxidation sites excluding steroid dienone is 1. The molecule has 2 aromatic rings. The number of carbonyl (C=O) groups excluding carboxylic acids is 1. The molecule has 6 nitrogen and oxygen atoms in total. The molecule has 0 spiro atoms. The quantitative estimate of drug-likeness (QED) is 0.698. The van der Waals surface area contributed by atoms with E-state index >= 15 is 0 Å². The zero-order chi connectivity index (χ0) is 22.5. The Kier molecular flexibility index (Phi) is 6.74. The van der Waals surface area contributed by atoms with Crippen molar-refractivity contribution in [3.8, 4) is 16.9 Å². The van der Waals surface area contributed by atoms with Crippen molar-refractivity contribution in [3.05, 3.63) is 77.4 Å². The lowest BCUT2D eigenvalue weighted by Crippen LogP contribution is -2.31. The molecule has 0 fully saturated rings. The van der Waals surface area contributed by atoms with E-state index in [1.165, 1.54) is 13.2 Å². The maximum atomic E-state index is 14.0. The number of aliphatic carboxylic acids is 1. The van der Waals surface area contributed by atoms with E-state index in [1.807, 2.05) is 19.9 Å². The number of benzene rings is 2. The average Bonchev–Trinajstić information content (AvgIpc) is 2.73. The number of methoxy groups -OCH3 is 1. The highest BCUT2D eigenvalue weighted by Gasteiger charge is 2.17. The third kappa shape index (κ3) is 5.31. The highest BCUT2D eigenvalue weighted by Crippen LogP contribution is 2.30. The minimum Gasteiger partial charge on any atom is -0.496 e. The molecule has 0 saturated heterocycles. The van der Waals surface area contributed by atoms with Crippen molar-refractivity contribution in [3.63, 3.8) is 0 Å². The Bertz CT molecular complexity index is 1060. The van der Waals surface area contributed by atoms with E-state index < -0.39 is 5.97 Å². The summed E-state index contributed by atoms with van der Waals surface area (Å²) in [6.45, 7) is 4.17. The minimum absolute atomic E-state index is 0.0458. The van der Waals surface area contributed by atoms with Gasteiger partial charge in [-0.2, -0.15) is 0 Å². The van der Waals surface area contributed by atoms with Gasteiger partial charge in [0.15, 0.2) is 0 Å². The lowest BCUT2D eigenvalue weighted by atomic mass is 9.96. The van der Waals surface area contributed by atoms with Gasteiger partial charge in [-0.25, -0.2) is 4.39 Å². The summed E-state index contributed by atoms with van der Waals surface area (Å²) in [5, 5.41) is 11.7. The van der Waals surface area contributed by atoms with Crippen LogP contribution in [0.4, 0.5) is 4.39 Å². The molecule has 0 saturated carbocycles. The number of amides is 1. The fraction of sp³-hybridized carbons (Fsp3) is 0.250. The smallest absolute Gasteiger partial charge is 0.323 e. The molecule has 0 atom stereocenters. The van der Waals surface area contributed by atoms with Crippen LogP contribution in [0.5, 0.6) is 5.75 Å². The molecule has 3 rings (SSSR count). The van der Waals surface area contributed by atoms with Crippen LogP contribution in [-0.4, -0.2) is 42.1 Å². The molecule has 1 amide bonds. The van der Waals surface area contributed by atoms with Gasteiger partial charge in [0.2, 0.25) is 0 Å². The van der Waals surface area contributed by atoms with E-state index in [0.29, 0.717) is 29.1 Å². The minimum atomic E-state index is -0.948. The zero-order valence-corrected chi connectivity index (χ0v) is 17.7. The molecular weight excluding hydrogens is 399 g/mol. The Morgan fingerprint density at radius 2 is 1.90 bits per heavy atom. The number of carboxylic acids is 1. The maximum absolute atomic E-state index is 14.0. The first-order valence-electron chi connectivity index (χ1n) is 9.92. The van der Waals surface area contributed by atoms with Crippen molar-refractivity contribution in [1.29, 1.82) is 0 Å². The normalized spacial score (nSPS) is 13.2. The third-order valence-corrected chi connectivity index (χ3v) is 4.95. The van der Waals surface area contributed by atoms with E-state index in [1.54, 1.807) is 47.5 Å².